The van der Waals surface area contributed by atoms with Crippen LogP contribution in [0.3, 0.4) is 0 Å². The summed E-state index contributed by atoms with van der Waals surface area (Å²) in [4.78, 5) is 14.6. The van der Waals surface area contributed by atoms with Gasteiger partial charge in [0.15, 0.2) is 0 Å². The number of carbonyl (C=O) groups excluding carboxylic acids is 1. The summed E-state index contributed by atoms with van der Waals surface area (Å²) in [5.74, 6) is 1.35. The maximum absolute atomic E-state index is 12.6. The van der Waals surface area contributed by atoms with Gasteiger partial charge in [0.2, 0.25) is 0 Å². The maximum atomic E-state index is 12.6. The highest BCUT2D eigenvalue weighted by atomic mass is 79.9. The van der Waals surface area contributed by atoms with Gasteiger partial charge in [-0.25, -0.2) is 0 Å². The average molecular weight is 325 g/mol. The van der Waals surface area contributed by atoms with E-state index in [4.69, 9.17) is 5.73 Å². The monoisotopic (exact) mass is 324 g/mol. The highest BCUT2D eigenvalue weighted by molar-refractivity contribution is 9.10. The fourth-order valence-electron chi connectivity index (χ4n) is 2.54. The number of carbonyl (C=O) groups is 1. The predicted octanol–water partition coefficient (Wildman–Crippen LogP) is 3.46. The lowest BCUT2D eigenvalue weighted by atomic mass is 9.88. The molecule has 0 aliphatic carbocycles. The number of nitrogens with two attached hydrogens (primary N) is 1. The third-order valence-corrected chi connectivity index (χ3v) is 4.72. The fourth-order valence-corrected chi connectivity index (χ4v) is 3.02. The molecule has 4 heteroatoms. The molecule has 19 heavy (non-hydrogen) atoms. The molecule has 3 nitrogen and oxygen atoms in total. The quantitative estimate of drug-likeness (QED) is 0.804. The Labute approximate surface area is 123 Å². The van der Waals surface area contributed by atoms with Crippen molar-refractivity contribution in [1.29, 1.82) is 0 Å². The van der Waals surface area contributed by atoms with Crippen LogP contribution in [0, 0.1) is 18.8 Å². The van der Waals surface area contributed by atoms with Crippen LogP contribution in [0.2, 0.25) is 0 Å². The molecule has 1 heterocycles. The molecule has 0 radical (unpaired) electrons. The summed E-state index contributed by atoms with van der Waals surface area (Å²) in [6.45, 7) is 8.06. The smallest absolute Gasteiger partial charge is 0.254 e. The molecular formula is C15H21BrN2O. The van der Waals surface area contributed by atoms with Crippen molar-refractivity contribution in [2.24, 2.45) is 11.8 Å². The molecule has 104 valence electrons. The third-order valence-electron chi connectivity index (χ3n) is 4.26. The number of likely N-dealkylation sites (tertiary alicyclic amines) is 1. The van der Waals surface area contributed by atoms with E-state index < -0.39 is 0 Å². The van der Waals surface area contributed by atoms with Gasteiger partial charge in [-0.05, 0) is 42.9 Å². The van der Waals surface area contributed by atoms with Crippen LogP contribution < -0.4 is 5.73 Å². The first kappa shape index (κ1) is 14.4. The number of amides is 1. The maximum Gasteiger partial charge on any atom is 0.254 e. The van der Waals surface area contributed by atoms with Gasteiger partial charge >= 0.3 is 0 Å². The van der Waals surface area contributed by atoms with Gasteiger partial charge in [0.1, 0.15) is 0 Å². The molecule has 2 unspecified atom stereocenters. The molecule has 0 saturated carbocycles. The molecule has 2 atom stereocenters. The topological polar surface area (TPSA) is 46.3 Å². The molecule has 1 aromatic rings. The Kier molecular flexibility index (Phi) is 4.19. The van der Waals surface area contributed by atoms with Gasteiger partial charge in [-0.2, -0.15) is 0 Å². The van der Waals surface area contributed by atoms with Crippen LogP contribution >= 0.6 is 15.9 Å². The minimum Gasteiger partial charge on any atom is -0.398 e. The zero-order valence-electron chi connectivity index (χ0n) is 11.7. The van der Waals surface area contributed by atoms with Crippen molar-refractivity contribution in [3.63, 3.8) is 0 Å². The lowest BCUT2D eigenvalue weighted by Gasteiger charge is -2.35. The molecule has 1 saturated heterocycles. The molecule has 0 spiro atoms. The zero-order chi connectivity index (χ0) is 14.2. The van der Waals surface area contributed by atoms with Gasteiger partial charge in [0.25, 0.3) is 5.91 Å². The minimum absolute atomic E-state index is 0.101. The summed E-state index contributed by atoms with van der Waals surface area (Å²) in [6, 6.07) is 3.71. The number of rotatable bonds is 1. The van der Waals surface area contributed by atoms with Crippen molar-refractivity contribution in [2.75, 3.05) is 18.8 Å². The summed E-state index contributed by atoms with van der Waals surface area (Å²) in [7, 11) is 0. The van der Waals surface area contributed by atoms with Crippen LogP contribution in [0.1, 0.15) is 36.2 Å². The van der Waals surface area contributed by atoms with Crippen LogP contribution in [0.25, 0.3) is 0 Å². The molecule has 1 fully saturated rings. The van der Waals surface area contributed by atoms with Crippen molar-refractivity contribution in [3.8, 4) is 0 Å². The number of hydrogen-bond acceptors (Lipinski definition) is 2. The van der Waals surface area contributed by atoms with Gasteiger partial charge in [0, 0.05) is 28.8 Å². The summed E-state index contributed by atoms with van der Waals surface area (Å²) in [5.41, 5.74) is 8.19. The van der Waals surface area contributed by atoms with Crippen molar-refractivity contribution in [2.45, 2.75) is 27.2 Å². The first-order valence-corrected chi connectivity index (χ1v) is 7.54. The summed E-state index contributed by atoms with van der Waals surface area (Å²) in [6.07, 6.45) is 1.08. The van der Waals surface area contributed by atoms with E-state index in [1.165, 1.54) is 0 Å². The second-order valence-electron chi connectivity index (χ2n) is 5.66. The van der Waals surface area contributed by atoms with Gasteiger partial charge in [0.05, 0.1) is 0 Å². The van der Waals surface area contributed by atoms with E-state index in [2.05, 4.69) is 29.8 Å². The normalized spacial score (nSPS) is 23.5. The Morgan fingerprint density at radius 3 is 2.68 bits per heavy atom. The van der Waals surface area contributed by atoms with Crippen molar-refractivity contribution in [3.05, 3.63) is 27.7 Å². The predicted molar refractivity (Wildman–Crippen MR) is 82.1 cm³/mol. The van der Waals surface area contributed by atoms with E-state index in [0.29, 0.717) is 23.1 Å². The Morgan fingerprint density at radius 2 is 2.05 bits per heavy atom. The number of nitrogens with zero attached hydrogens (tertiary/aromatic N) is 1. The molecule has 2 N–H and O–H groups in total. The second kappa shape index (κ2) is 5.53. The zero-order valence-corrected chi connectivity index (χ0v) is 13.3. The first-order valence-electron chi connectivity index (χ1n) is 6.75. The SMILES string of the molecule is Cc1c(N)cc(Br)cc1C(=O)N1CCC(C)C(C)C1. The molecule has 1 amide bonds. The van der Waals surface area contributed by atoms with Gasteiger partial charge in [-0.15, -0.1) is 0 Å². The Hall–Kier alpha value is -1.03. The summed E-state index contributed by atoms with van der Waals surface area (Å²) in [5, 5.41) is 0. The van der Waals surface area contributed by atoms with E-state index in [1.807, 2.05) is 24.0 Å². The Morgan fingerprint density at radius 1 is 1.37 bits per heavy atom. The van der Waals surface area contributed by atoms with Gasteiger partial charge in [-0.1, -0.05) is 29.8 Å². The number of nitrogen functional groups attached to an aromatic ring is 1. The molecule has 1 aliphatic rings. The van der Waals surface area contributed by atoms with E-state index in [-0.39, 0.29) is 5.91 Å². The van der Waals surface area contributed by atoms with Crippen LogP contribution in [0.15, 0.2) is 16.6 Å². The molecule has 0 aromatic heterocycles. The summed E-state index contributed by atoms with van der Waals surface area (Å²) < 4.78 is 0.859. The largest absolute Gasteiger partial charge is 0.398 e. The number of hydrogen-bond donors (Lipinski definition) is 1. The summed E-state index contributed by atoms with van der Waals surface area (Å²) >= 11 is 3.41. The van der Waals surface area contributed by atoms with Crippen LogP contribution in [-0.2, 0) is 0 Å². The fraction of sp³-hybridized carbons (Fsp3) is 0.533. The van der Waals surface area contributed by atoms with Crippen LogP contribution in [-0.4, -0.2) is 23.9 Å². The molecule has 1 aromatic carbocycles. The van der Waals surface area contributed by atoms with Crippen LogP contribution in [0.4, 0.5) is 5.69 Å². The molecule has 2 rings (SSSR count). The first-order chi connectivity index (χ1) is 8.90. The van der Waals surface area contributed by atoms with E-state index in [0.717, 1.165) is 29.5 Å². The van der Waals surface area contributed by atoms with E-state index >= 15 is 0 Å². The highest BCUT2D eigenvalue weighted by Crippen LogP contribution is 2.27. The van der Waals surface area contributed by atoms with Gasteiger partial charge < -0.3 is 10.6 Å². The number of anilines is 1. The molecule has 0 bridgehead atoms. The average Bonchev–Trinajstić information content (AvgIpc) is 2.36. The Bertz CT molecular complexity index is 501. The lowest BCUT2D eigenvalue weighted by molar-refractivity contribution is 0.0627. The van der Waals surface area contributed by atoms with Crippen molar-refractivity contribution < 1.29 is 4.79 Å². The molecular weight excluding hydrogens is 304 g/mol. The van der Waals surface area contributed by atoms with E-state index in [9.17, 15) is 4.79 Å². The molecule has 1 aliphatic heterocycles. The standard InChI is InChI=1S/C15H21BrN2O/c1-9-4-5-18(8-10(9)2)15(19)13-6-12(16)7-14(17)11(13)3/h6-7,9-10H,4-5,8,17H2,1-3H3. The highest BCUT2D eigenvalue weighted by Gasteiger charge is 2.27. The Balaban J connectivity index is 2.25. The number of halogens is 1. The van der Waals surface area contributed by atoms with E-state index in [1.54, 1.807) is 0 Å². The van der Waals surface area contributed by atoms with Crippen molar-refractivity contribution in [1.82, 2.24) is 4.90 Å². The second-order valence-corrected chi connectivity index (χ2v) is 6.58. The number of piperidine rings is 1. The third kappa shape index (κ3) is 2.94. The van der Waals surface area contributed by atoms with Crippen LogP contribution in [0.5, 0.6) is 0 Å². The minimum atomic E-state index is 0.101. The lowest BCUT2D eigenvalue weighted by Crippen LogP contribution is -2.42. The number of benzene rings is 1. The van der Waals surface area contributed by atoms with Gasteiger partial charge in [-0.3, -0.25) is 4.79 Å². The van der Waals surface area contributed by atoms with Crippen molar-refractivity contribution >= 4 is 27.5 Å².